The first-order valence-corrected chi connectivity index (χ1v) is 12.2. The average Bonchev–Trinajstić information content (AvgIpc) is 3.26. The summed E-state index contributed by atoms with van der Waals surface area (Å²) in [6, 6.07) is 5.59. The van der Waals surface area contributed by atoms with Gasteiger partial charge in [0, 0.05) is 35.0 Å². The van der Waals surface area contributed by atoms with E-state index in [1.165, 1.54) is 24.3 Å². The Morgan fingerprint density at radius 3 is 2.57 bits per heavy atom. The van der Waals surface area contributed by atoms with Crippen molar-refractivity contribution < 1.29 is 32.8 Å². The summed E-state index contributed by atoms with van der Waals surface area (Å²) >= 11 is 12.8. The number of nitrogens with zero attached hydrogens (tertiary/aromatic N) is 1. The molecule has 1 saturated heterocycles. The topological polar surface area (TPSA) is 108 Å². The molecule has 0 unspecified atom stereocenters. The van der Waals surface area contributed by atoms with Crippen molar-refractivity contribution in [2.45, 2.75) is 25.5 Å². The van der Waals surface area contributed by atoms with E-state index in [1.54, 1.807) is 18.9 Å². The van der Waals surface area contributed by atoms with Gasteiger partial charge in [0.1, 0.15) is 31.0 Å². The van der Waals surface area contributed by atoms with Crippen LogP contribution >= 0.6 is 23.2 Å². The normalized spacial score (nSPS) is 20.1. The molecule has 2 aliphatic rings. The molecule has 0 aromatic heterocycles. The zero-order chi connectivity index (χ0) is 26.9. The number of hydrogen-bond donors (Lipinski definition) is 3. The highest BCUT2D eigenvalue weighted by Crippen LogP contribution is 2.35. The number of amides is 2. The number of halogens is 4. The van der Waals surface area contributed by atoms with Crippen LogP contribution in [0.4, 0.5) is 13.6 Å². The second kappa shape index (κ2) is 10.9. The molecule has 0 bridgehead atoms. The molecule has 4 N–H and O–H groups in total. The Kier molecular flexibility index (Phi) is 7.89. The van der Waals surface area contributed by atoms with E-state index in [2.05, 4.69) is 10.3 Å². The molecule has 2 heterocycles. The van der Waals surface area contributed by atoms with Gasteiger partial charge in [-0.2, -0.15) is 0 Å². The van der Waals surface area contributed by atoms with Crippen LogP contribution in [0.1, 0.15) is 29.3 Å². The summed E-state index contributed by atoms with van der Waals surface area (Å²) in [6.07, 6.45) is -0.707. The highest BCUT2D eigenvalue weighted by molar-refractivity contribution is 6.37. The predicted octanol–water partition coefficient (Wildman–Crippen LogP) is 2.41. The minimum Gasteiger partial charge on any atom is -0.488 e. The number of rotatable bonds is 6. The van der Waals surface area contributed by atoms with Gasteiger partial charge in [-0.1, -0.05) is 23.2 Å². The zero-order valence-corrected chi connectivity index (χ0v) is 21.6. The molecule has 12 heteroatoms. The minimum atomic E-state index is -0.710. The lowest BCUT2D eigenvalue weighted by Gasteiger charge is -2.35. The summed E-state index contributed by atoms with van der Waals surface area (Å²) < 4.78 is 38.4. The molecular formula is C25H25Cl2F2N4O4+. The van der Waals surface area contributed by atoms with Crippen molar-refractivity contribution in [3.8, 4) is 5.75 Å². The van der Waals surface area contributed by atoms with E-state index in [-0.39, 0.29) is 41.1 Å². The molecule has 0 saturated carbocycles. The van der Waals surface area contributed by atoms with Crippen LogP contribution in [-0.2, 0) is 4.74 Å². The molecule has 8 nitrogen and oxygen atoms in total. The van der Waals surface area contributed by atoms with Gasteiger partial charge in [0.25, 0.3) is 5.91 Å². The molecule has 37 heavy (non-hydrogen) atoms. The molecular weight excluding hydrogens is 529 g/mol. The maximum Gasteiger partial charge on any atom is 0.407 e. The summed E-state index contributed by atoms with van der Waals surface area (Å²) in [5, 5.41) is 2.82. The van der Waals surface area contributed by atoms with E-state index < -0.39 is 35.8 Å². The third-order valence-corrected chi connectivity index (χ3v) is 6.85. The summed E-state index contributed by atoms with van der Waals surface area (Å²) in [5.41, 5.74) is 8.40. The second-order valence-electron chi connectivity index (χ2n) is 8.63. The Morgan fingerprint density at radius 1 is 1.24 bits per heavy atom. The zero-order valence-electron chi connectivity index (χ0n) is 20.0. The molecule has 1 fully saturated rings. The first-order chi connectivity index (χ1) is 17.6. The van der Waals surface area contributed by atoms with Crippen LogP contribution in [0.15, 0.2) is 41.6 Å². The smallest absolute Gasteiger partial charge is 0.407 e. The Balaban J connectivity index is 1.57. The molecule has 4 rings (SSSR count). The van der Waals surface area contributed by atoms with Gasteiger partial charge in [0.2, 0.25) is 5.71 Å². The molecule has 2 atom stereocenters. The Hall–Kier alpha value is -3.37. The van der Waals surface area contributed by atoms with Gasteiger partial charge >= 0.3 is 6.09 Å². The first-order valence-electron chi connectivity index (χ1n) is 11.5. The first kappa shape index (κ1) is 26.7. The van der Waals surface area contributed by atoms with Crippen molar-refractivity contribution in [1.29, 1.82) is 0 Å². The van der Waals surface area contributed by atoms with Gasteiger partial charge in [0.15, 0.2) is 6.10 Å². The number of carbonyl (C=O) groups excluding carboxylic acids is 2. The van der Waals surface area contributed by atoms with Crippen LogP contribution in [0, 0.1) is 11.6 Å². The lowest BCUT2D eigenvalue weighted by molar-refractivity contribution is -0.418. The Bertz CT molecular complexity index is 1300. The predicted molar refractivity (Wildman–Crippen MR) is 134 cm³/mol. The van der Waals surface area contributed by atoms with Gasteiger partial charge in [-0.3, -0.25) is 4.79 Å². The number of cyclic esters (lactones) is 1. The van der Waals surface area contributed by atoms with E-state index in [4.69, 9.17) is 38.4 Å². The van der Waals surface area contributed by atoms with Crippen molar-refractivity contribution in [1.82, 2.24) is 10.2 Å². The molecule has 196 valence electrons. The van der Waals surface area contributed by atoms with Crippen molar-refractivity contribution in [3.63, 3.8) is 0 Å². The number of hydrogen-bond acceptors (Lipinski definition) is 5. The van der Waals surface area contributed by atoms with Crippen LogP contribution in [0.3, 0.4) is 0 Å². The third-order valence-electron chi connectivity index (χ3n) is 6.24. The third kappa shape index (κ3) is 5.65. The monoisotopic (exact) mass is 553 g/mol. The standard InChI is InChI=1S/C25H24Cl2F2N4O4/c1-12-22(30)18(23(31-2)13-5-15(28)9-16(29)6-13)3-4-33(12)24(34)19-7-14(26)8-20(21(19)27)36-11-17-10-32-25(35)37-17/h5-9,12,17H,3-4,10-11,30H2,1-2H3,(H,32,35)/p+1/t12-,17-/m0/s1. The van der Waals surface area contributed by atoms with Gasteiger partial charge in [-0.15, -0.1) is 0 Å². The molecule has 2 aromatic rings. The van der Waals surface area contributed by atoms with Crippen LogP contribution in [0.2, 0.25) is 10.0 Å². The molecule has 2 aliphatic heterocycles. The average molecular weight is 554 g/mol. The Labute approximate surface area is 222 Å². The number of benzene rings is 2. The molecule has 0 aliphatic carbocycles. The summed E-state index contributed by atoms with van der Waals surface area (Å²) in [7, 11) is 1.64. The maximum atomic E-state index is 13.8. The van der Waals surface area contributed by atoms with Crippen molar-refractivity contribution in [2.75, 3.05) is 26.7 Å². The fourth-order valence-electron chi connectivity index (χ4n) is 4.39. The highest BCUT2D eigenvalue weighted by atomic mass is 35.5. The number of nitrogens with two attached hydrogens (primary N) is 1. The van der Waals surface area contributed by atoms with Crippen LogP contribution < -0.4 is 20.8 Å². The minimum absolute atomic E-state index is 0.0227. The van der Waals surface area contributed by atoms with Crippen LogP contribution in [0.25, 0.3) is 0 Å². The van der Waals surface area contributed by atoms with E-state index in [0.717, 1.165) is 6.07 Å². The fraction of sp³-hybridized carbons (Fsp3) is 0.320. The van der Waals surface area contributed by atoms with Crippen molar-refractivity contribution in [2.24, 2.45) is 5.73 Å². The van der Waals surface area contributed by atoms with Gasteiger partial charge in [0.05, 0.1) is 28.7 Å². The van der Waals surface area contributed by atoms with E-state index in [9.17, 15) is 18.4 Å². The second-order valence-corrected chi connectivity index (χ2v) is 9.44. The van der Waals surface area contributed by atoms with Gasteiger partial charge in [-0.05, 0) is 31.5 Å². The molecule has 2 amide bonds. The maximum absolute atomic E-state index is 13.8. The fourth-order valence-corrected chi connectivity index (χ4v) is 4.84. The number of carbonyl (C=O) groups is 2. The summed E-state index contributed by atoms with van der Waals surface area (Å²) in [4.78, 5) is 29.3. The number of nitrogens with one attached hydrogen (secondary N) is 2. The highest BCUT2D eigenvalue weighted by Gasteiger charge is 2.34. The number of alkyl carbamates (subject to hydrolysis) is 1. The van der Waals surface area contributed by atoms with E-state index in [0.29, 0.717) is 29.0 Å². The largest absolute Gasteiger partial charge is 0.488 e. The van der Waals surface area contributed by atoms with Crippen molar-refractivity contribution >= 4 is 40.9 Å². The van der Waals surface area contributed by atoms with E-state index in [1.807, 2.05) is 0 Å². The van der Waals surface area contributed by atoms with Crippen LogP contribution in [0.5, 0.6) is 5.75 Å². The molecule has 0 spiro atoms. The lowest BCUT2D eigenvalue weighted by Crippen LogP contribution is -2.69. The molecule has 0 radical (unpaired) electrons. The lowest BCUT2D eigenvalue weighted by atomic mass is 9.91. The van der Waals surface area contributed by atoms with E-state index >= 15 is 0 Å². The Morgan fingerprint density at radius 2 is 1.95 bits per heavy atom. The quantitative estimate of drug-likeness (QED) is 0.476. The van der Waals surface area contributed by atoms with Gasteiger partial charge < -0.3 is 25.4 Å². The SMILES string of the molecule is C[NH+]=C(C1=C(N)[C@H](C)N(C(=O)c2cc(Cl)cc(OC[C@@H]3CNC(=O)O3)c2Cl)CC1)c1cc(F)cc(F)c1. The van der Waals surface area contributed by atoms with Gasteiger partial charge in [-0.25, -0.2) is 18.6 Å². The van der Waals surface area contributed by atoms with Crippen LogP contribution in [-0.4, -0.2) is 61.5 Å². The summed E-state index contributed by atoms with van der Waals surface area (Å²) in [5.74, 6) is -1.66. The number of ether oxygens (including phenoxy) is 2. The van der Waals surface area contributed by atoms with Crippen molar-refractivity contribution in [3.05, 3.63) is 74.4 Å². The molecule has 2 aromatic carbocycles. The summed E-state index contributed by atoms with van der Waals surface area (Å²) in [6.45, 7) is 2.33.